The van der Waals surface area contributed by atoms with Crippen molar-refractivity contribution in [1.82, 2.24) is 4.98 Å². The molecule has 0 bridgehead atoms. The molecule has 0 aromatic carbocycles. The summed E-state index contributed by atoms with van der Waals surface area (Å²) in [6.07, 6.45) is 5.42. The van der Waals surface area contributed by atoms with Crippen molar-refractivity contribution in [1.29, 1.82) is 0 Å². The summed E-state index contributed by atoms with van der Waals surface area (Å²) in [4.78, 5) is 4.38. The van der Waals surface area contributed by atoms with Crippen LogP contribution in [0.3, 0.4) is 0 Å². The first-order chi connectivity index (χ1) is 6.27. The fraction of sp³-hybridized carbons (Fsp3) is 0.0833. The Morgan fingerprint density at radius 2 is 2.15 bits per heavy atom. The monoisotopic (exact) mass is 171 g/mol. The number of nitrogens with zero attached hydrogens (tertiary/aromatic N) is 1. The Kier molecular flexibility index (Phi) is 3.21. The molecule has 0 aliphatic heterocycles. The Morgan fingerprint density at radius 1 is 1.38 bits per heavy atom. The summed E-state index contributed by atoms with van der Waals surface area (Å²) < 4.78 is 0. The number of aryl methyl sites for hydroxylation is 1. The summed E-state index contributed by atoms with van der Waals surface area (Å²) in [5.74, 6) is 0. The third-order valence-corrected chi connectivity index (χ3v) is 1.70. The van der Waals surface area contributed by atoms with Crippen LogP contribution in [-0.2, 0) is 0 Å². The smallest absolute Gasteiger partial charge is 0.0704 e. The van der Waals surface area contributed by atoms with Crippen molar-refractivity contribution in [3.63, 3.8) is 0 Å². The zero-order valence-corrected chi connectivity index (χ0v) is 7.83. The second-order valence-electron chi connectivity index (χ2n) is 2.73. The minimum atomic E-state index is 0.940. The lowest BCUT2D eigenvalue weighted by Gasteiger charge is -2.00. The molecule has 1 aromatic heterocycles. The van der Waals surface area contributed by atoms with Gasteiger partial charge in [-0.25, -0.2) is 0 Å². The zero-order chi connectivity index (χ0) is 9.68. The Balaban J connectivity index is 3.12. The highest BCUT2D eigenvalue weighted by Crippen LogP contribution is 2.12. The lowest BCUT2D eigenvalue weighted by Crippen LogP contribution is -1.88. The molecule has 0 saturated heterocycles. The van der Waals surface area contributed by atoms with Crippen molar-refractivity contribution < 1.29 is 0 Å². The van der Waals surface area contributed by atoms with Crippen LogP contribution in [0.25, 0.3) is 5.57 Å². The third-order valence-electron chi connectivity index (χ3n) is 1.70. The van der Waals surface area contributed by atoms with Crippen LogP contribution < -0.4 is 0 Å². The Labute approximate surface area is 79.1 Å². The fourth-order valence-electron chi connectivity index (χ4n) is 1.09. The van der Waals surface area contributed by atoms with Gasteiger partial charge in [0.25, 0.3) is 0 Å². The maximum atomic E-state index is 4.38. The number of rotatable bonds is 3. The third kappa shape index (κ3) is 2.41. The van der Waals surface area contributed by atoms with Gasteiger partial charge in [-0.05, 0) is 24.6 Å². The van der Waals surface area contributed by atoms with E-state index in [1.165, 1.54) is 0 Å². The normalized spacial score (nSPS) is 11.0. The predicted octanol–water partition coefficient (Wildman–Crippen LogP) is 3.15. The van der Waals surface area contributed by atoms with Crippen LogP contribution in [0.15, 0.2) is 49.6 Å². The van der Waals surface area contributed by atoms with E-state index in [9.17, 15) is 0 Å². The van der Waals surface area contributed by atoms with E-state index in [0.717, 1.165) is 17.0 Å². The molecule has 13 heavy (non-hydrogen) atoms. The summed E-state index contributed by atoms with van der Waals surface area (Å²) in [6, 6.07) is 5.92. The molecule has 0 fully saturated rings. The van der Waals surface area contributed by atoms with Gasteiger partial charge in [0.05, 0.1) is 5.69 Å². The van der Waals surface area contributed by atoms with Crippen LogP contribution in [0.2, 0.25) is 0 Å². The van der Waals surface area contributed by atoms with E-state index in [-0.39, 0.29) is 0 Å². The SMILES string of the molecule is C=C/C=C(\C=C)c1cccc(C)n1. The molecule has 0 unspecified atom stereocenters. The van der Waals surface area contributed by atoms with Crippen LogP contribution in [-0.4, -0.2) is 4.98 Å². The van der Waals surface area contributed by atoms with Gasteiger partial charge in [0.15, 0.2) is 0 Å². The van der Waals surface area contributed by atoms with Gasteiger partial charge >= 0.3 is 0 Å². The van der Waals surface area contributed by atoms with Gasteiger partial charge in [0.1, 0.15) is 0 Å². The summed E-state index contributed by atoms with van der Waals surface area (Å²) in [5.41, 5.74) is 2.95. The molecule has 0 aliphatic rings. The minimum Gasteiger partial charge on any atom is -0.253 e. The molecule has 1 nitrogen and oxygen atoms in total. The first-order valence-corrected chi connectivity index (χ1v) is 4.17. The van der Waals surface area contributed by atoms with Crippen LogP contribution in [0.4, 0.5) is 0 Å². The molecule has 0 spiro atoms. The van der Waals surface area contributed by atoms with Crippen LogP contribution in [0.5, 0.6) is 0 Å². The highest BCUT2D eigenvalue weighted by molar-refractivity contribution is 5.72. The highest BCUT2D eigenvalue weighted by atomic mass is 14.7. The molecule has 1 aromatic rings. The van der Waals surface area contributed by atoms with E-state index in [0.29, 0.717) is 0 Å². The summed E-state index contributed by atoms with van der Waals surface area (Å²) in [5, 5.41) is 0. The highest BCUT2D eigenvalue weighted by Gasteiger charge is 1.96. The zero-order valence-electron chi connectivity index (χ0n) is 7.83. The number of hydrogen-bond acceptors (Lipinski definition) is 1. The van der Waals surface area contributed by atoms with Crippen LogP contribution in [0, 0.1) is 6.92 Å². The van der Waals surface area contributed by atoms with Gasteiger partial charge in [-0.1, -0.05) is 37.5 Å². The first-order valence-electron chi connectivity index (χ1n) is 4.17. The van der Waals surface area contributed by atoms with Crippen molar-refractivity contribution in [3.8, 4) is 0 Å². The van der Waals surface area contributed by atoms with Gasteiger partial charge in [0, 0.05) is 5.69 Å². The second-order valence-corrected chi connectivity index (χ2v) is 2.73. The molecule has 1 rings (SSSR count). The van der Waals surface area contributed by atoms with Gasteiger partial charge in [-0.3, -0.25) is 4.98 Å². The lowest BCUT2D eigenvalue weighted by molar-refractivity contribution is 1.17. The molecule has 66 valence electrons. The number of allylic oxidation sites excluding steroid dienone is 4. The largest absolute Gasteiger partial charge is 0.253 e. The van der Waals surface area contributed by atoms with Crippen LogP contribution in [0.1, 0.15) is 11.4 Å². The maximum absolute atomic E-state index is 4.38. The van der Waals surface area contributed by atoms with Gasteiger partial charge in [-0.2, -0.15) is 0 Å². The van der Waals surface area contributed by atoms with E-state index in [2.05, 4.69) is 18.1 Å². The predicted molar refractivity (Wildman–Crippen MR) is 57.3 cm³/mol. The van der Waals surface area contributed by atoms with Gasteiger partial charge < -0.3 is 0 Å². The van der Waals surface area contributed by atoms with Crippen LogP contribution >= 0.6 is 0 Å². The minimum absolute atomic E-state index is 0.940. The summed E-state index contributed by atoms with van der Waals surface area (Å²) in [7, 11) is 0. The maximum Gasteiger partial charge on any atom is 0.0704 e. The lowest BCUT2D eigenvalue weighted by atomic mass is 10.1. The standard InChI is InChI=1S/C12H13N/c1-4-7-11(5-2)12-9-6-8-10(3)13-12/h4-9H,1-2H2,3H3/b11-7+. The molecule has 1 heterocycles. The van der Waals surface area contributed by atoms with Gasteiger partial charge in [-0.15, -0.1) is 0 Å². The molecule has 0 N–H and O–H groups in total. The molecule has 0 amide bonds. The van der Waals surface area contributed by atoms with E-state index >= 15 is 0 Å². The van der Waals surface area contributed by atoms with E-state index in [1.54, 1.807) is 12.2 Å². The molecule has 1 heteroatoms. The van der Waals surface area contributed by atoms with Crippen molar-refractivity contribution >= 4 is 5.57 Å². The van der Waals surface area contributed by atoms with Crippen molar-refractivity contribution in [2.75, 3.05) is 0 Å². The van der Waals surface area contributed by atoms with E-state index < -0.39 is 0 Å². The second kappa shape index (κ2) is 4.41. The topological polar surface area (TPSA) is 12.9 Å². The van der Waals surface area contributed by atoms with Crippen molar-refractivity contribution in [3.05, 3.63) is 61.0 Å². The average Bonchev–Trinajstić information content (AvgIpc) is 2.14. The van der Waals surface area contributed by atoms with Crippen molar-refractivity contribution in [2.45, 2.75) is 6.92 Å². The number of aromatic nitrogens is 1. The fourth-order valence-corrected chi connectivity index (χ4v) is 1.09. The number of hydrogen-bond donors (Lipinski definition) is 0. The Morgan fingerprint density at radius 3 is 2.69 bits per heavy atom. The molecule has 0 aliphatic carbocycles. The number of pyridine rings is 1. The van der Waals surface area contributed by atoms with E-state index in [4.69, 9.17) is 0 Å². The quantitative estimate of drug-likeness (QED) is 0.637. The molecular formula is C12H13N. The average molecular weight is 171 g/mol. The van der Waals surface area contributed by atoms with Crippen molar-refractivity contribution in [2.24, 2.45) is 0 Å². The summed E-state index contributed by atoms with van der Waals surface area (Å²) in [6.45, 7) is 9.34. The molecule has 0 atom stereocenters. The Bertz CT molecular complexity index is 348. The summed E-state index contributed by atoms with van der Waals surface area (Å²) >= 11 is 0. The Hall–Kier alpha value is -1.63. The molecule has 0 saturated carbocycles. The first kappa shape index (κ1) is 9.46. The molecular weight excluding hydrogens is 158 g/mol. The van der Waals surface area contributed by atoms with E-state index in [1.807, 2.05) is 31.2 Å². The van der Waals surface area contributed by atoms with Gasteiger partial charge in [0.2, 0.25) is 0 Å². The molecule has 0 radical (unpaired) electrons.